The second kappa shape index (κ2) is 7.41. The Bertz CT molecular complexity index is 477. The Balaban J connectivity index is 2.10. The van der Waals surface area contributed by atoms with Crippen molar-refractivity contribution in [1.29, 1.82) is 0 Å². The van der Waals surface area contributed by atoms with Gasteiger partial charge in [0.15, 0.2) is 0 Å². The van der Waals surface area contributed by atoms with E-state index < -0.39 is 0 Å². The summed E-state index contributed by atoms with van der Waals surface area (Å²) in [6.45, 7) is 10.9. The normalized spacial score (nSPS) is 19.6. The van der Waals surface area contributed by atoms with Crippen LogP contribution in [-0.4, -0.2) is 59.5 Å². The van der Waals surface area contributed by atoms with Gasteiger partial charge in [0, 0.05) is 38.4 Å². The average molecular weight is 290 g/mol. The molecule has 21 heavy (non-hydrogen) atoms. The lowest BCUT2D eigenvalue weighted by atomic mass is 10.1. The summed E-state index contributed by atoms with van der Waals surface area (Å²) in [5, 5.41) is 3.29. The van der Waals surface area contributed by atoms with E-state index in [1.807, 2.05) is 11.0 Å². The number of nitrogens with one attached hydrogen (secondary N) is 1. The second-order valence-corrected chi connectivity index (χ2v) is 5.58. The third-order valence-electron chi connectivity index (χ3n) is 4.08. The summed E-state index contributed by atoms with van der Waals surface area (Å²) in [7, 11) is 0. The quantitative estimate of drug-likeness (QED) is 0.902. The first-order valence-electron chi connectivity index (χ1n) is 7.88. The van der Waals surface area contributed by atoms with Crippen LogP contribution in [0.25, 0.3) is 0 Å². The van der Waals surface area contributed by atoms with Crippen LogP contribution in [0.2, 0.25) is 0 Å². The first-order chi connectivity index (χ1) is 10.2. The van der Waals surface area contributed by atoms with Gasteiger partial charge in [-0.05, 0) is 26.0 Å². The number of carbonyl (C=O) groups excluding carboxylic acids is 1. The molecule has 1 aromatic heterocycles. The van der Waals surface area contributed by atoms with Crippen LogP contribution in [0.15, 0.2) is 18.5 Å². The van der Waals surface area contributed by atoms with E-state index >= 15 is 0 Å². The molecule has 0 aromatic carbocycles. The summed E-state index contributed by atoms with van der Waals surface area (Å²) in [4.78, 5) is 21.3. The van der Waals surface area contributed by atoms with E-state index in [1.54, 1.807) is 12.4 Å². The van der Waals surface area contributed by atoms with Crippen LogP contribution >= 0.6 is 0 Å². The number of nitrogens with zero attached hydrogens (tertiary/aromatic N) is 3. The van der Waals surface area contributed by atoms with E-state index in [4.69, 9.17) is 0 Å². The van der Waals surface area contributed by atoms with Gasteiger partial charge >= 0.3 is 0 Å². The highest BCUT2D eigenvalue weighted by Crippen LogP contribution is 2.18. The molecule has 1 aliphatic heterocycles. The molecule has 0 radical (unpaired) electrons. The third-order valence-corrected chi connectivity index (χ3v) is 4.08. The molecule has 0 spiro atoms. The van der Waals surface area contributed by atoms with Gasteiger partial charge in [-0.2, -0.15) is 0 Å². The molecule has 1 fully saturated rings. The number of likely N-dealkylation sites (N-methyl/N-ethyl adjacent to an activating group) is 1. The van der Waals surface area contributed by atoms with Crippen LogP contribution in [-0.2, 0) is 0 Å². The van der Waals surface area contributed by atoms with Gasteiger partial charge in [-0.1, -0.05) is 13.8 Å². The van der Waals surface area contributed by atoms with Crippen LogP contribution in [0, 0.1) is 0 Å². The van der Waals surface area contributed by atoms with E-state index in [0.29, 0.717) is 6.04 Å². The fourth-order valence-electron chi connectivity index (χ4n) is 2.80. The Morgan fingerprint density at radius 2 is 2.24 bits per heavy atom. The lowest BCUT2D eigenvalue weighted by Gasteiger charge is -2.39. The van der Waals surface area contributed by atoms with Crippen molar-refractivity contribution < 1.29 is 4.79 Å². The lowest BCUT2D eigenvalue weighted by Crippen LogP contribution is -2.53. The summed E-state index contributed by atoms with van der Waals surface area (Å²) in [6.07, 6.45) is 4.46. The fourth-order valence-corrected chi connectivity index (χ4v) is 2.80. The largest absolute Gasteiger partial charge is 0.383 e. The number of pyridine rings is 1. The Hall–Kier alpha value is -1.62. The zero-order valence-corrected chi connectivity index (χ0v) is 13.3. The molecule has 1 amide bonds. The highest BCUT2D eigenvalue weighted by atomic mass is 16.2. The van der Waals surface area contributed by atoms with Gasteiger partial charge in [0.25, 0.3) is 5.91 Å². The molecule has 1 aromatic rings. The molecule has 1 aliphatic rings. The maximum Gasteiger partial charge on any atom is 0.256 e. The topological polar surface area (TPSA) is 48.5 Å². The van der Waals surface area contributed by atoms with Crippen molar-refractivity contribution in [3.8, 4) is 0 Å². The monoisotopic (exact) mass is 290 g/mol. The molecular weight excluding hydrogens is 264 g/mol. The standard InChI is InChI=1S/C16H26N4O/c1-4-7-18-15-11-17-8-6-14(15)16(21)20-10-9-19(5-2)13(3)12-20/h6,8,11,13,18H,4-5,7,9-10,12H2,1-3H3. The molecule has 5 heteroatoms. The molecule has 0 saturated carbocycles. The third kappa shape index (κ3) is 3.73. The minimum atomic E-state index is 0.110. The van der Waals surface area contributed by atoms with Crippen molar-refractivity contribution in [1.82, 2.24) is 14.8 Å². The molecule has 1 unspecified atom stereocenters. The lowest BCUT2D eigenvalue weighted by molar-refractivity contribution is 0.0529. The highest BCUT2D eigenvalue weighted by Gasteiger charge is 2.27. The zero-order valence-electron chi connectivity index (χ0n) is 13.3. The van der Waals surface area contributed by atoms with Crippen molar-refractivity contribution in [2.24, 2.45) is 0 Å². The van der Waals surface area contributed by atoms with E-state index in [9.17, 15) is 4.79 Å². The van der Waals surface area contributed by atoms with E-state index in [1.165, 1.54) is 0 Å². The summed E-state index contributed by atoms with van der Waals surface area (Å²) in [5.74, 6) is 0.110. The Kier molecular flexibility index (Phi) is 5.56. The first-order valence-corrected chi connectivity index (χ1v) is 7.88. The molecule has 116 valence electrons. The molecule has 1 N–H and O–H groups in total. The summed E-state index contributed by atoms with van der Waals surface area (Å²) >= 11 is 0. The van der Waals surface area contributed by atoms with Gasteiger partial charge in [0.2, 0.25) is 0 Å². The van der Waals surface area contributed by atoms with Gasteiger partial charge in [-0.25, -0.2) is 0 Å². The van der Waals surface area contributed by atoms with Crippen molar-refractivity contribution in [2.75, 3.05) is 38.0 Å². The maximum atomic E-state index is 12.8. The van der Waals surface area contributed by atoms with Crippen molar-refractivity contribution in [3.63, 3.8) is 0 Å². The minimum Gasteiger partial charge on any atom is -0.383 e. The number of carbonyl (C=O) groups is 1. The predicted octanol–water partition coefficient (Wildman–Crippen LogP) is 2.07. The van der Waals surface area contributed by atoms with E-state index in [-0.39, 0.29) is 5.91 Å². The molecular formula is C16H26N4O. The molecule has 1 saturated heterocycles. The van der Waals surface area contributed by atoms with Gasteiger partial charge < -0.3 is 10.2 Å². The van der Waals surface area contributed by atoms with Crippen molar-refractivity contribution in [3.05, 3.63) is 24.0 Å². The summed E-state index contributed by atoms with van der Waals surface area (Å²) < 4.78 is 0. The molecule has 0 aliphatic carbocycles. The fraction of sp³-hybridized carbons (Fsp3) is 0.625. The molecule has 2 rings (SSSR count). The first kappa shape index (κ1) is 15.8. The maximum absolute atomic E-state index is 12.8. The van der Waals surface area contributed by atoms with Crippen LogP contribution in [0.1, 0.15) is 37.6 Å². The second-order valence-electron chi connectivity index (χ2n) is 5.58. The number of piperazine rings is 1. The van der Waals surface area contributed by atoms with Crippen molar-refractivity contribution >= 4 is 11.6 Å². The molecule has 0 bridgehead atoms. The van der Waals surface area contributed by atoms with Crippen molar-refractivity contribution in [2.45, 2.75) is 33.2 Å². The summed E-state index contributed by atoms with van der Waals surface area (Å²) in [6, 6.07) is 2.23. The van der Waals surface area contributed by atoms with Gasteiger partial charge in [0.1, 0.15) is 0 Å². The van der Waals surface area contributed by atoms with Crippen LogP contribution in [0.5, 0.6) is 0 Å². The number of hydrogen-bond acceptors (Lipinski definition) is 4. The van der Waals surface area contributed by atoms with Crippen LogP contribution in [0.4, 0.5) is 5.69 Å². The summed E-state index contributed by atoms with van der Waals surface area (Å²) in [5.41, 5.74) is 1.57. The SMILES string of the molecule is CCCNc1cnccc1C(=O)N1CCN(CC)C(C)C1. The molecule has 5 nitrogen and oxygen atoms in total. The predicted molar refractivity (Wildman–Crippen MR) is 85.6 cm³/mol. The minimum absolute atomic E-state index is 0.110. The number of hydrogen-bond donors (Lipinski definition) is 1. The highest BCUT2D eigenvalue weighted by molar-refractivity contribution is 5.99. The van der Waals surface area contributed by atoms with E-state index in [0.717, 1.165) is 50.4 Å². The molecule has 1 atom stereocenters. The smallest absolute Gasteiger partial charge is 0.256 e. The number of aromatic nitrogens is 1. The average Bonchev–Trinajstić information content (AvgIpc) is 2.52. The molecule has 2 heterocycles. The van der Waals surface area contributed by atoms with Crippen LogP contribution in [0.3, 0.4) is 0 Å². The Morgan fingerprint density at radius 1 is 1.43 bits per heavy atom. The van der Waals surface area contributed by atoms with Gasteiger partial charge in [0.05, 0.1) is 17.4 Å². The van der Waals surface area contributed by atoms with E-state index in [2.05, 4.69) is 36.0 Å². The van der Waals surface area contributed by atoms with Gasteiger partial charge in [-0.3, -0.25) is 14.7 Å². The number of amides is 1. The zero-order chi connectivity index (χ0) is 15.2. The number of anilines is 1. The Labute approximate surface area is 127 Å². The van der Waals surface area contributed by atoms with Crippen LogP contribution < -0.4 is 5.32 Å². The van der Waals surface area contributed by atoms with Gasteiger partial charge in [-0.15, -0.1) is 0 Å². The Morgan fingerprint density at radius 3 is 2.90 bits per heavy atom. The number of rotatable bonds is 5.